The van der Waals surface area contributed by atoms with Crippen LogP contribution in [0.5, 0.6) is 0 Å². The Morgan fingerprint density at radius 2 is 1.91 bits per heavy atom. The lowest BCUT2D eigenvalue weighted by Crippen LogP contribution is -2.26. The zero-order chi connectivity index (χ0) is 22.8. The largest absolute Gasteiger partial charge is 0.401 e. The summed E-state index contributed by atoms with van der Waals surface area (Å²) in [6.07, 6.45) is 10.1. The number of hydrogen-bond donors (Lipinski definition) is 3. The third-order valence-electron chi connectivity index (χ3n) is 6.05. The Kier molecular flexibility index (Phi) is 6.03. The molecule has 0 amide bonds. The van der Waals surface area contributed by atoms with Crippen molar-refractivity contribution >= 4 is 5.70 Å². The highest BCUT2D eigenvalue weighted by Gasteiger charge is 2.31. The fraction of sp³-hybridized carbons (Fsp3) is 0.292. The molecule has 0 saturated heterocycles. The van der Waals surface area contributed by atoms with Gasteiger partial charge in [-0.25, -0.2) is 13.8 Å². The van der Waals surface area contributed by atoms with Crippen molar-refractivity contribution in [2.75, 3.05) is 0 Å². The first-order valence-electron chi connectivity index (χ1n) is 10.6. The molecule has 3 aromatic rings. The van der Waals surface area contributed by atoms with Crippen LogP contribution in [-0.2, 0) is 0 Å². The number of allylic oxidation sites excluding steroid dienone is 3. The van der Waals surface area contributed by atoms with E-state index in [0.29, 0.717) is 11.4 Å². The van der Waals surface area contributed by atoms with Crippen LogP contribution in [0.1, 0.15) is 43.9 Å². The molecule has 8 heteroatoms. The van der Waals surface area contributed by atoms with Crippen LogP contribution in [0.15, 0.2) is 60.3 Å². The molecular formula is C24H26F2N6. The van der Waals surface area contributed by atoms with Gasteiger partial charge in [0, 0.05) is 35.3 Å². The van der Waals surface area contributed by atoms with Gasteiger partial charge in [-0.1, -0.05) is 19.9 Å². The number of hydrogen-bond acceptors (Lipinski definition) is 5. The Bertz CT molecular complexity index is 1150. The fourth-order valence-electron chi connectivity index (χ4n) is 4.35. The van der Waals surface area contributed by atoms with E-state index >= 15 is 0 Å². The molecule has 0 saturated carbocycles. The number of aromatic amines is 1. The molecule has 6 nitrogen and oxygen atoms in total. The van der Waals surface area contributed by atoms with Crippen LogP contribution in [0.2, 0.25) is 0 Å². The number of nitrogens with one attached hydrogen (secondary N) is 1. The minimum atomic E-state index is -0.704. The van der Waals surface area contributed by atoms with Gasteiger partial charge < -0.3 is 11.5 Å². The minimum absolute atomic E-state index is 0.0167. The second-order valence-electron chi connectivity index (χ2n) is 8.40. The van der Waals surface area contributed by atoms with E-state index in [1.54, 1.807) is 30.9 Å². The van der Waals surface area contributed by atoms with Crippen LogP contribution in [0.4, 0.5) is 8.78 Å². The highest BCUT2D eigenvalue weighted by molar-refractivity contribution is 5.67. The number of aromatic nitrogens is 4. The summed E-state index contributed by atoms with van der Waals surface area (Å²) in [6.45, 7) is 4.20. The summed E-state index contributed by atoms with van der Waals surface area (Å²) in [5, 5.41) is 6.74. The smallest absolute Gasteiger partial charge is 0.135 e. The molecule has 2 atom stereocenters. The maximum absolute atomic E-state index is 14.3. The van der Waals surface area contributed by atoms with Gasteiger partial charge in [0.2, 0.25) is 0 Å². The molecule has 4 rings (SSSR count). The number of H-pyrrole nitrogens is 1. The van der Waals surface area contributed by atoms with E-state index in [1.165, 1.54) is 18.2 Å². The highest BCUT2D eigenvalue weighted by Crippen LogP contribution is 2.42. The summed E-state index contributed by atoms with van der Waals surface area (Å²) < 4.78 is 28.6. The van der Waals surface area contributed by atoms with Crippen molar-refractivity contribution in [2.24, 2.45) is 23.3 Å². The zero-order valence-corrected chi connectivity index (χ0v) is 18.0. The maximum atomic E-state index is 14.3. The van der Waals surface area contributed by atoms with Crippen LogP contribution in [0, 0.1) is 23.5 Å². The molecule has 2 heterocycles. The molecule has 0 bridgehead atoms. The summed E-state index contributed by atoms with van der Waals surface area (Å²) in [7, 11) is 0. The lowest BCUT2D eigenvalue weighted by molar-refractivity contribution is 0.372. The normalized spacial score (nSPS) is 19.6. The highest BCUT2D eigenvalue weighted by atomic mass is 19.1. The number of benzene rings is 1. The fourth-order valence-corrected chi connectivity index (χ4v) is 4.35. The van der Waals surface area contributed by atoms with Gasteiger partial charge in [0.05, 0.1) is 29.3 Å². The molecule has 0 aliphatic heterocycles. The van der Waals surface area contributed by atoms with Crippen molar-refractivity contribution in [3.05, 3.63) is 83.2 Å². The molecule has 166 valence electrons. The Labute approximate surface area is 185 Å². The van der Waals surface area contributed by atoms with E-state index in [-0.39, 0.29) is 29.0 Å². The summed E-state index contributed by atoms with van der Waals surface area (Å²) in [4.78, 5) is 9.09. The molecule has 0 fully saturated rings. The van der Waals surface area contributed by atoms with Gasteiger partial charge in [-0.05, 0) is 48.5 Å². The summed E-state index contributed by atoms with van der Waals surface area (Å²) >= 11 is 0. The van der Waals surface area contributed by atoms with E-state index in [0.717, 1.165) is 29.7 Å². The van der Waals surface area contributed by atoms with Crippen LogP contribution in [0.3, 0.4) is 0 Å². The van der Waals surface area contributed by atoms with Gasteiger partial charge in [-0.3, -0.25) is 10.1 Å². The first-order chi connectivity index (χ1) is 15.4. The Balaban J connectivity index is 1.78. The van der Waals surface area contributed by atoms with Crippen molar-refractivity contribution in [3.63, 3.8) is 0 Å². The van der Waals surface area contributed by atoms with E-state index < -0.39 is 11.6 Å². The molecule has 1 aliphatic carbocycles. The monoisotopic (exact) mass is 436 g/mol. The quantitative estimate of drug-likeness (QED) is 0.546. The third kappa shape index (κ3) is 4.12. The number of nitrogens with zero attached hydrogens (tertiary/aromatic N) is 3. The van der Waals surface area contributed by atoms with Crippen molar-refractivity contribution in [3.8, 4) is 11.3 Å². The van der Waals surface area contributed by atoms with Gasteiger partial charge >= 0.3 is 0 Å². The predicted octanol–water partition coefficient (Wildman–Crippen LogP) is 4.51. The van der Waals surface area contributed by atoms with Gasteiger partial charge in [0.15, 0.2) is 0 Å². The van der Waals surface area contributed by atoms with Crippen molar-refractivity contribution in [2.45, 2.75) is 32.6 Å². The molecule has 1 aliphatic rings. The van der Waals surface area contributed by atoms with E-state index in [9.17, 15) is 8.78 Å². The molecule has 0 spiro atoms. The number of rotatable bonds is 5. The molecule has 2 aromatic heterocycles. The lowest BCUT2D eigenvalue weighted by Gasteiger charge is -2.33. The van der Waals surface area contributed by atoms with Crippen LogP contribution in [-0.4, -0.2) is 20.2 Å². The summed E-state index contributed by atoms with van der Waals surface area (Å²) in [5.74, 6) is -1.18. The number of nitrogens with two attached hydrogens (primary N) is 2. The standard InChI is InChI=1S/C24H26F2N6/c1-13(2)15-6-7-16(22-12-29-11-21(32-22)14-9-30-31-10-14)24(28)17(15)8-20(27)23-18(25)4-3-5-19(23)26/h3-5,8-13,15-16H,6-7,27-28H2,1-2H3,(H,30,31)/b20-8-. The van der Waals surface area contributed by atoms with Crippen molar-refractivity contribution in [1.29, 1.82) is 0 Å². The van der Waals surface area contributed by atoms with Gasteiger partial charge in [0.1, 0.15) is 11.6 Å². The second kappa shape index (κ2) is 8.90. The average molecular weight is 437 g/mol. The maximum Gasteiger partial charge on any atom is 0.135 e. The van der Waals surface area contributed by atoms with Gasteiger partial charge in [-0.15, -0.1) is 0 Å². The first kappa shape index (κ1) is 21.7. The van der Waals surface area contributed by atoms with Gasteiger partial charge in [0.25, 0.3) is 0 Å². The molecule has 5 N–H and O–H groups in total. The van der Waals surface area contributed by atoms with Crippen LogP contribution in [0.25, 0.3) is 17.0 Å². The summed E-state index contributed by atoms with van der Waals surface area (Å²) in [6, 6.07) is 3.70. The lowest BCUT2D eigenvalue weighted by atomic mass is 9.73. The molecule has 0 radical (unpaired) electrons. The second-order valence-corrected chi connectivity index (χ2v) is 8.40. The SMILES string of the molecule is CC(C)C1CCC(c2cncc(-c3cn[nH]c3)n2)C(N)=C1/C=C(\N)c1c(F)cccc1F. The van der Waals surface area contributed by atoms with E-state index in [4.69, 9.17) is 16.5 Å². The van der Waals surface area contributed by atoms with E-state index in [2.05, 4.69) is 29.0 Å². The molecule has 2 unspecified atom stereocenters. The zero-order valence-electron chi connectivity index (χ0n) is 18.0. The molecular weight excluding hydrogens is 410 g/mol. The summed E-state index contributed by atoms with van der Waals surface area (Å²) in [5.41, 5.74) is 16.3. The average Bonchev–Trinajstić information content (AvgIpc) is 3.30. The molecule has 32 heavy (non-hydrogen) atoms. The van der Waals surface area contributed by atoms with Crippen LogP contribution < -0.4 is 11.5 Å². The van der Waals surface area contributed by atoms with E-state index in [1.807, 2.05) is 0 Å². The molecule has 1 aromatic carbocycles. The first-order valence-corrected chi connectivity index (χ1v) is 10.6. The number of halogens is 2. The Morgan fingerprint density at radius 1 is 1.16 bits per heavy atom. The van der Waals surface area contributed by atoms with Crippen LogP contribution >= 0.6 is 0 Å². The Hall–Kier alpha value is -3.55. The van der Waals surface area contributed by atoms with Crippen molar-refractivity contribution in [1.82, 2.24) is 20.2 Å². The third-order valence-corrected chi connectivity index (χ3v) is 6.05. The van der Waals surface area contributed by atoms with Crippen molar-refractivity contribution < 1.29 is 8.78 Å². The predicted molar refractivity (Wildman–Crippen MR) is 120 cm³/mol. The Morgan fingerprint density at radius 3 is 2.56 bits per heavy atom. The van der Waals surface area contributed by atoms with Gasteiger partial charge in [-0.2, -0.15) is 5.10 Å². The minimum Gasteiger partial charge on any atom is -0.401 e. The topological polar surface area (TPSA) is 106 Å².